The second-order valence-corrected chi connectivity index (χ2v) is 5.60. The Morgan fingerprint density at radius 1 is 1.33 bits per heavy atom. The third-order valence-corrected chi connectivity index (χ3v) is 4.01. The van der Waals surface area contributed by atoms with Crippen molar-refractivity contribution in [2.75, 3.05) is 11.9 Å². The summed E-state index contributed by atoms with van der Waals surface area (Å²) in [6.45, 7) is 1.78. The van der Waals surface area contributed by atoms with E-state index in [4.69, 9.17) is 0 Å². The molecule has 2 amide bonds. The standard InChI is InChI=1S/C14H17F3N2O2/c1-14(7-20)4-2-3-12(14)19-13(21)18-11-6-9(16)8(15)5-10(11)17/h5-6,12,20H,2-4,7H2,1H3,(H2,18,19,21). The van der Waals surface area contributed by atoms with Gasteiger partial charge in [0.2, 0.25) is 0 Å². The summed E-state index contributed by atoms with van der Waals surface area (Å²) in [6, 6.07) is -0.00925. The molecule has 21 heavy (non-hydrogen) atoms. The molecule has 7 heteroatoms. The topological polar surface area (TPSA) is 61.4 Å². The maximum atomic E-state index is 13.4. The Labute approximate surface area is 120 Å². The second-order valence-electron chi connectivity index (χ2n) is 5.60. The van der Waals surface area contributed by atoms with Crippen LogP contribution in [0, 0.1) is 22.9 Å². The van der Waals surface area contributed by atoms with Gasteiger partial charge in [-0.1, -0.05) is 13.3 Å². The summed E-state index contributed by atoms with van der Waals surface area (Å²) in [6.07, 6.45) is 2.33. The molecule has 3 N–H and O–H groups in total. The van der Waals surface area contributed by atoms with E-state index in [9.17, 15) is 23.1 Å². The molecular formula is C14H17F3N2O2. The van der Waals surface area contributed by atoms with E-state index in [2.05, 4.69) is 10.6 Å². The van der Waals surface area contributed by atoms with Crippen LogP contribution in [0.2, 0.25) is 0 Å². The maximum absolute atomic E-state index is 13.4. The molecule has 1 aromatic carbocycles. The molecule has 0 radical (unpaired) electrons. The number of anilines is 1. The number of carbonyl (C=O) groups is 1. The predicted octanol–water partition coefficient (Wildman–Crippen LogP) is 2.78. The fourth-order valence-corrected chi connectivity index (χ4v) is 2.60. The monoisotopic (exact) mass is 302 g/mol. The average molecular weight is 302 g/mol. The van der Waals surface area contributed by atoms with Crippen LogP contribution in [-0.2, 0) is 0 Å². The van der Waals surface area contributed by atoms with E-state index in [-0.39, 0.29) is 12.6 Å². The highest BCUT2D eigenvalue weighted by atomic mass is 19.2. The lowest BCUT2D eigenvalue weighted by atomic mass is 9.86. The Bertz CT molecular complexity index is 553. The van der Waals surface area contributed by atoms with Crippen molar-refractivity contribution in [2.24, 2.45) is 5.41 Å². The second kappa shape index (κ2) is 5.93. The third-order valence-electron chi connectivity index (χ3n) is 4.01. The molecule has 4 nitrogen and oxygen atoms in total. The van der Waals surface area contributed by atoms with Crippen molar-refractivity contribution in [3.8, 4) is 0 Å². The zero-order valence-corrected chi connectivity index (χ0v) is 11.5. The van der Waals surface area contributed by atoms with Crippen LogP contribution in [0.15, 0.2) is 12.1 Å². The van der Waals surface area contributed by atoms with Gasteiger partial charge in [-0.05, 0) is 12.8 Å². The van der Waals surface area contributed by atoms with Gasteiger partial charge in [-0.25, -0.2) is 18.0 Å². The molecule has 1 aromatic rings. The van der Waals surface area contributed by atoms with Crippen LogP contribution >= 0.6 is 0 Å². The lowest BCUT2D eigenvalue weighted by Gasteiger charge is -2.30. The van der Waals surface area contributed by atoms with Crippen molar-refractivity contribution in [1.29, 1.82) is 0 Å². The molecule has 2 rings (SSSR count). The predicted molar refractivity (Wildman–Crippen MR) is 71.3 cm³/mol. The van der Waals surface area contributed by atoms with Gasteiger partial charge in [-0.2, -0.15) is 0 Å². The molecule has 0 bridgehead atoms. The van der Waals surface area contributed by atoms with E-state index in [1.54, 1.807) is 0 Å². The van der Waals surface area contributed by atoms with Gasteiger partial charge in [0.15, 0.2) is 11.6 Å². The average Bonchev–Trinajstić information content (AvgIpc) is 2.78. The molecule has 0 spiro atoms. The first-order valence-electron chi connectivity index (χ1n) is 6.68. The summed E-state index contributed by atoms with van der Waals surface area (Å²) < 4.78 is 39.3. The number of urea groups is 1. The number of aliphatic hydroxyl groups excluding tert-OH is 1. The van der Waals surface area contributed by atoms with E-state index in [1.165, 1.54) is 0 Å². The Balaban J connectivity index is 2.04. The quantitative estimate of drug-likeness (QED) is 0.752. The summed E-state index contributed by atoms with van der Waals surface area (Å²) in [5.41, 5.74) is -0.862. The molecular weight excluding hydrogens is 285 g/mol. The summed E-state index contributed by atoms with van der Waals surface area (Å²) in [5, 5.41) is 14.2. The zero-order valence-electron chi connectivity index (χ0n) is 11.5. The van der Waals surface area contributed by atoms with E-state index in [1.807, 2.05) is 6.92 Å². The maximum Gasteiger partial charge on any atom is 0.319 e. The molecule has 1 aliphatic carbocycles. The largest absolute Gasteiger partial charge is 0.396 e. The molecule has 0 aromatic heterocycles. The summed E-state index contributed by atoms with van der Waals surface area (Å²) in [5.74, 6) is -3.62. The highest BCUT2D eigenvalue weighted by Crippen LogP contribution is 2.37. The molecule has 116 valence electrons. The fraction of sp³-hybridized carbons (Fsp3) is 0.500. The smallest absolute Gasteiger partial charge is 0.319 e. The van der Waals surface area contributed by atoms with Gasteiger partial charge < -0.3 is 15.7 Å². The minimum Gasteiger partial charge on any atom is -0.396 e. The Morgan fingerprint density at radius 3 is 2.67 bits per heavy atom. The number of hydrogen-bond acceptors (Lipinski definition) is 2. The molecule has 1 saturated carbocycles. The van der Waals surface area contributed by atoms with Crippen LogP contribution in [0.1, 0.15) is 26.2 Å². The van der Waals surface area contributed by atoms with Crippen molar-refractivity contribution in [1.82, 2.24) is 5.32 Å². The first kappa shape index (κ1) is 15.6. The Hall–Kier alpha value is -1.76. The molecule has 0 saturated heterocycles. The highest BCUT2D eigenvalue weighted by Gasteiger charge is 2.39. The lowest BCUT2D eigenvalue weighted by molar-refractivity contribution is 0.122. The van der Waals surface area contributed by atoms with Gasteiger partial charge in [-0.3, -0.25) is 0 Å². The Morgan fingerprint density at radius 2 is 2.00 bits per heavy atom. The van der Waals surface area contributed by atoms with Crippen molar-refractivity contribution < 1.29 is 23.1 Å². The van der Waals surface area contributed by atoms with Crippen LogP contribution in [0.3, 0.4) is 0 Å². The number of nitrogens with one attached hydrogen (secondary N) is 2. The SMILES string of the molecule is CC1(CO)CCCC1NC(=O)Nc1cc(F)c(F)cc1F. The summed E-state index contributed by atoms with van der Waals surface area (Å²) in [7, 11) is 0. The number of carbonyl (C=O) groups excluding carboxylic acids is 1. The van der Waals surface area contributed by atoms with Gasteiger partial charge in [0.25, 0.3) is 0 Å². The van der Waals surface area contributed by atoms with E-state index >= 15 is 0 Å². The van der Waals surface area contributed by atoms with E-state index < -0.39 is 34.6 Å². The van der Waals surface area contributed by atoms with Crippen molar-refractivity contribution in [2.45, 2.75) is 32.2 Å². The Kier molecular flexibility index (Phi) is 4.41. The third kappa shape index (κ3) is 3.29. The number of hydrogen-bond donors (Lipinski definition) is 3. The normalized spacial score (nSPS) is 24.9. The highest BCUT2D eigenvalue weighted by molar-refractivity contribution is 5.89. The van der Waals surface area contributed by atoms with Gasteiger partial charge in [0.05, 0.1) is 12.3 Å². The zero-order chi connectivity index (χ0) is 15.6. The number of benzene rings is 1. The van der Waals surface area contributed by atoms with Crippen LogP contribution in [0.25, 0.3) is 0 Å². The number of halogens is 3. The molecule has 1 fully saturated rings. The van der Waals surface area contributed by atoms with Gasteiger partial charge in [-0.15, -0.1) is 0 Å². The summed E-state index contributed by atoms with van der Waals surface area (Å²) in [4.78, 5) is 11.8. The molecule has 1 aliphatic rings. The number of rotatable bonds is 3. The van der Waals surface area contributed by atoms with Crippen molar-refractivity contribution in [3.05, 3.63) is 29.6 Å². The minimum atomic E-state index is -1.32. The van der Waals surface area contributed by atoms with E-state index in [0.717, 1.165) is 12.8 Å². The molecule has 2 unspecified atom stereocenters. The molecule has 0 heterocycles. The lowest BCUT2D eigenvalue weighted by Crippen LogP contribution is -2.46. The van der Waals surface area contributed by atoms with Gasteiger partial charge in [0, 0.05) is 23.6 Å². The first-order valence-corrected chi connectivity index (χ1v) is 6.68. The fourth-order valence-electron chi connectivity index (χ4n) is 2.60. The van der Waals surface area contributed by atoms with Crippen molar-refractivity contribution >= 4 is 11.7 Å². The number of aliphatic hydroxyl groups is 1. The minimum absolute atomic E-state index is 0.0719. The van der Waals surface area contributed by atoms with Crippen LogP contribution < -0.4 is 10.6 Å². The van der Waals surface area contributed by atoms with Crippen LogP contribution in [0.4, 0.5) is 23.7 Å². The van der Waals surface area contributed by atoms with Gasteiger partial charge in [0.1, 0.15) is 5.82 Å². The van der Waals surface area contributed by atoms with Crippen LogP contribution in [-0.4, -0.2) is 23.8 Å². The van der Waals surface area contributed by atoms with Crippen molar-refractivity contribution in [3.63, 3.8) is 0 Å². The molecule has 0 aliphatic heterocycles. The van der Waals surface area contributed by atoms with Crippen LogP contribution in [0.5, 0.6) is 0 Å². The number of amides is 2. The molecule has 2 atom stereocenters. The first-order chi connectivity index (χ1) is 9.85. The van der Waals surface area contributed by atoms with E-state index in [0.29, 0.717) is 18.6 Å². The van der Waals surface area contributed by atoms with Gasteiger partial charge >= 0.3 is 6.03 Å². The summed E-state index contributed by atoms with van der Waals surface area (Å²) >= 11 is 0.